The summed E-state index contributed by atoms with van der Waals surface area (Å²) in [5.41, 5.74) is 2.56. The van der Waals surface area contributed by atoms with Crippen molar-refractivity contribution in [2.24, 2.45) is 5.92 Å². The summed E-state index contributed by atoms with van der Waals surface area (Å²) in [6.07, 6.45) is 5.15. The molecule has 0 radical (unpaired) electrons. The van der Waals surface area contributed by atoms with Gasteiger partial charge in [0.2, 0.25) is 17.7 Å². The monoisotopic (exact) mass is 680 g/mol. The molecular formula is C40H48N4O6. The molecule has 50 heavy (non-hydrogen) atoms. The standard InChI is InChI=1S/C40H48N4O6/c1-3-5-6-12-23-32(24-25-34(45)42-33(4-2)40(48)49)39(47)44(28-29-17-10-7-11-18-29)27-26-41-37(46)35-36(30-19-13-8-14-20-30)50-38(43-35)31-21-15-9-16-22-31/h7-11,13-22,32-33H,3-6,12,23-28H2,1-2H3,(H,41,46)(H,42,45)(H,48,49). The number of aromatic nitrogens is 1. The average molecular weight is 681 g/mol. The minimum atomic E-state index is -1.08. The molecule has 3 N–H and O–H groups in total. The van der Waals surface area contributed by atoms with Crippen molar-refractivity contribution >= 4 is 23.7 Å². The molecule has 2 unspecified atom stereocenters. The van der Waals surface area contributed by atoms with E-state index in [2.05, 4.69) is 22.5 Å². The van der Waals surface area contributed by atoms with Crippen LogP contribution in [0.3, 0.4) is 0 Å². The van der Waals surface area contributed by atoms with E-state index in [-0.39, 0.29) is 43.4 Å². The summed E-state index contributed by atoms with van der Waals surface area (Å²) in [6, 6.07) is 27.4. The fraction of sp³-hybridized carbons (Fsp3) is 0.375. The van der Waals surface area contributed by atoms with E-state index in [1.54, 1.807) is 11.8 Å². The van der Waals surface area contributed by atoms with Crippen LogP contribution >= 0.6 is 0 Å². The highest BCUT2D eigenvalue weighted by Crippen LogP contribution is 2.30. The maximum Gasteiger partial charge on any atom is 0.326 e. The lowest BCUT2D eigenvalue weighted by molar-refractivity contribution is -0.142. The summed E-state index contributed by atoms with van der Waals surface area (Å²) in [4.78, 5) is 58.4. The Bertz CT molecular complexity index is 1660. The van der Waals surface area contributed by atoms with E-state index >= 15 is 0 Å². The molecule has 0 saturated carbocycles. The third kappa shape index (κ3) is 11.1. The van der Waals surface area contributed by atoms with Gasteiger partial charge in [0.05, 0.1) is 0 Å². The number of carbonyl (C=O) groups excluding carboxylic acids is 3. The number of benzene rings is 3. The van der Waals surface area contributed by atoms with Gasteiger partial charge in [0.1, 0.15) is 6.04 Å². The van der Waals surface area contributed by atoms with E-state index in [0.717, 1.165) is 42.4 Å². The van der Waals surface area contributed by atoms with E-state index in [0.29, 0.717) is 31.0 Å². The van der Waals surface area contributed by atoms with Crippen LogP contribution in [0.5, 0.6) is 0 Å². The number of hydrogen-bond acceptors (Lipinski definition) is 6. The topological polar surface area (TPSA) is 142 Å². The van der Waals surface area contributed by atoms with Gasteiger partial charge >= 0.3 is 5.97 Å². The predicted molar refractivity (Wildman–Crippen MR) is 193 cm³/mol. The minimum absolute atomic E-state index is 0.0437. The van der Waals surface area contributed by atoms with Crippen LogP contribution in [-0.4, -0.2) is 57.8 Å². The number of carboxylic acids is 1. The van der Waals surface area contributed by atoms with Crippen LogP contribution in [0.15, 0.2) is 95.4 Å². The number of oxazole rings is 1. The van der Waals surface area contributed by atoms with Crippen molar-refractivity contribution in [2.75, 3.05) is 13.1 Å². The van der Waals surface area contributed by atoms with E-state index in [4.69, 9.17) is 4.42 Å². The highest BCUT2D eigenvalue weighted by molar-refractivity contribution is 5.98. The fourth-order valence-electron chi connectivity index (χ4n) is 5.80. The molecule has 4 aromatic rings. The first-order valence-corrected chi connectivity index (χ1v) is 17.5. The van der Waals surface area contributed by atoms with E-state index in [1.807, 2.05) is 91.0 Å². The maximum atomic E-state index is 14.2. The van der Waals surface area contributed by atoms with Crippen LogP contribution in [-0.2, 0) is 20.9 Å². The van der Waals surface area contributed by atoms with Crippen molar-refractivity contribution in [1.82, 2.24) is 20.5 Å². The zero-order valence-electron chi connectivity index (χ0n) is 29.0. The summed E-state index contributed by atoms with van der Waals surface area (Å²) in [5, 5.41) is 14.9. The van der Waals surface area contributed by atoms with Crippen LogP contribution in [0, 0.1) is 5.92 Å². The maximum absolute atomic E-state index is 14.2. The predicted octanol–water partition coefficient (Wildman–Crippen LogP) is 7.11. The van der Waals surface area contributed by atoms with Gasteiger partial charge in [0, 0.05) is 43.1 Å². The van der Waals surface area contributed by atoms with Crippen molar-refractivity contribution in [3.05, 3.63) is 102 Å². The largest absolute Gasteiger partial charge is 0.480 e. The molecule has 0 spiro atoms. The molecule has 3 aromatic carbocycles. The first kappa shape index (κ1) is 37.6. The molecule has 4 rings (SSSR count). The number of rotatable bonds is 20. The Morgan fingerprint density at radius 3 is 2.08 bits per heavy atom. The van der Waals surface area contributed by atoms with Gasteiger partial charge in [-0.1, -0.05) is 118 Å². The Balaban J connectivity index is 1.51. The Hall–Kier alpha value is -5.25. The van der Waals surface area contributed by atoms with E-state index in [1.165, 1.54) is 0 Å². The second-order valence-electron chi connectivity index (χ2n) is 12.4. The fourth-order valence-corrected chi connectivity index (χ4v) is 5.80. The molecule has 10 heteroatoms. The molecule has 1 heterocycles. The Kier molecular flexibility index (Phi) is 14.8. The SMILES string of the molecule is CCCCCCC(CCC(=O)NC(CC)C(=O)O)C(=O)N(CCNC(=O)c1nc(-c2ccccc2)oc1-c1ccccc1)Cc1ccccc1. The van der Waals surface area contributed by atoms with Gasteiger partial charge < -0.3 is 25.1 Å². The number of carboxylic acid groups (broad SMARTS) is 1. The lowest BCUT2D eigenvalue weighted by Gasteiger charge is -2.28. The van der Waals surface area contributed by atoms with Crippen LogP contribution in [0.1, 0.15) is 81.3 Å². The third-order valence-corrected chi connectivity index (χ3v) is 8.61. The van der Waals surface area contributed by atoms with Crippen LogP contribution in [0.2, 0.25) is 0 Å². The van der Waals surface area contributed by atoms with Gasteiger partial charge in [-0.05, 0) is 37.0 Å². The number of nitrogens with zero attached hydrogens (tertiary/aromatic N) is 2. The number of nitrogens with one attached hydrogen (secondary N) is 2. The van der Waals surface area contributed by atoms with Crippen molar-refractivity contribution in [3.8, 4) is 22.8 Å². The first-order chi connectivity index (χ1) is 24.3. The highest BCUT2D eigenvalue weighted by Gasteiger charge is 2.27. The number of unbranched alkanes of at least 4 members (excludes halogenated alkanes) is 3. The van der Waals surface area contributed by atoms with Gasteiger partial charge in [-0.2, -0.15) is 0 Å². The quantitative estimate of drug-likeness (QED) is 0.0845. The summed E-state index contributed by atoms with van der Waals surface area (Å²) < 4.78 is 6.13. The van der Waals surface area contributed by atoms with Gasteiger partial charge in [0.15, 0.2) is 11.5 Å². The second kappa shape index (κ2) is 19.7. The zero-order valence-corrected chi connectivity index (χ0v) is 29.0. The Morgan fingerprint density at radius 2 is 1.46 bits per heavy atom. The number of carbonyl (C=O) groups is 4. The first-order valence-electron chi connectivity index (χ1n) is 17.5. The molecule has 0 bridgehead atoms. The summed E-state index contributed by atoms with van der Waals surface area (Å²) >= 11 is 0. The lowest BCUT2D eigenvalue weighted by Crippen LogP contribution is -2.42. The molecule has 264 valence electrons. The van der Waals surface area contributed by atoms with Gasteiger partial charge in [-0.3, -0.25) is 14.4 Å². The van der Waals surface area contributed by atoms with Crippen LogP contribution in [0.4, 0.5) is 0 Å². The van der Waals surface area contributed by atoms with Crippen LogP contribution < -0.4 is 10.6 Å². The molecule has 0 fully saturated rings. The average Bonchev–Trinajstić information content (AvgIpc) is 3.60. The Labute approximate surface area is 294 Å². The smallest absolute Gasteiger partial charge is 0.326 e. The van der Waals surface area contributed by atoms with Crippen molar-refractivity contribution in [3.63, 3.8) is 0 Å². The zero-order chi connectivity index (χ0) is 35.7. The van der Waals surface area contributed by atoms with Crippen molar-refractivity contribution in [1.29, 1.82) is 0 Å². The van der Waals surface area contributed by atoms with Crippen molar-refractivity contribution < 1.29 is 28.7 Å². The van der Waals surface area contributed by atoms with Gasteiger partial charge in [-0.25, -0.2) is 9.78 Å². The molecule has 1 aromatic heterocycles. The second-order valence-corrected chi connectivity index (χ2v) is 12.4. The molecule has 10 nitrogen and oxygen atoms in total. The summed E-state index contributed by atoms with van der Waals surface area (Å²) in [6.45, 7) is 4.56. The molecule has 2 atom stereocenters. The third-order valence-electron chi connectivity index (χ3n) is 8.61. The van der Waals surface area contributed by atoms with Gasteiger partial charge in [-0.15, -0.1) is 0 Å². The number of aliphatic carboxylic acids is 1. The molecule has 0 aliphatic rings. The highest BCUT2D eigenvalue weighted by atomic mass is 16.4. The summed E-state index contributed by atoms with van der Waals surface area (Å²) in [7, 11) is 0. The Morgan fingerprint density at radius 1 is 0.820 bits per heavy atom. The van der Waals surface area contributed by atoms with E-state index in [9.17, 15) is 24.3 Å². The molecule has 0 saturated heterocycles. The van der Waals surface area contributed by atoms with Crippen molar-refractivity contribution in [2.45, 2.75) is 77.8 Å². The normalized spacial score (nSPS) is 12.1. The molecule has 3 amide bonds. The van der Waals surface area contributed by atoms with Gasteiger partial charge in [0.25, 0.3) is 5.91 Å². The van der Waals surface area contributed by atoms with Crippen LogP contribution in [0.25, 0.3) is 22.8 Å². The molecule has 0 aliphatic heterocycles. The molecule has 0 aliphatic carbocycles. The number of hydrogen-bond donors (Lipinski definition) is 3. The van der Waals surface area contributed by atoms with E-state index < -0.39 is 23.8 Å². The lowest BCUT2D eigenvalue weighted by atomic mass is 9.93. The number of amides is 3. The summed E-state index contributed by atoms with van der Waals surface area (Å²) in [5.74, 6) is -1.73. The minimum Gasteiger partial charge on any atom is -0.480 e. The molecular weight excluding hydrogens is 632 g/mol.